The van der Waals surface area contributed by atoms with Crippen molar-refractivity contribution >= 4 is 66.0 Å². The lowest BCUT2D eigenvalue weighted by Gasteiger charge is -2.23. The molecule has 0 radical (unpaired) electrons. The Morgan fingerprint density at radius 2 is 1.46 bits per heavy atom. The summed E-state index contributed by atoms with van der Waals surface area (Å²) in [4.78, 5) is 20.2. The lowest BCUT2D eigenvalue weighted by molar-refractivity contribution is 0.170. The number of carbonyl (C=O) groups is 2. The standard InChI is InChI=1S/C12H18BrFN2OS.C10H12BrFN2O2.C2H3ClO2/c1-12(2,3)18(17)16-11(7-15)8-4-9(13)6-10(14)5-8;1-16-10(15)14-5-9(13)6-2-7(11)4-8(12)3-6;1-5-2(3)4/h4-6,11,16H,7,15H2,1-3H3;2-4,9H,5,13H2,1H3,(H,14,15);1H3/t11-,18+;9-;/m11./s1. The minimum atomic E-state index is -1.25. The van der Waals surface area contributed by atoms with E-state index in [4.69, 9.17) is 11.5 Å². The van der Waals surface area contributed by atoms with Gasteiger partial charge in [-0.1, -0.05) is 31.9 Å². The Kier molecular flexibility index (Phi) is 17.8. The molecule has 3 atom stereocenters. The first-order valence-corrected chi connectivity index (χ1v) is 14.3. The summed E-state index contributed by atoms with van der Waals surface area (Å²) in [6.07, 6.45) is -0.564. The third kappa shape index (κ3) is 16.2. The third-order valence-corrected chi connectivity index (χ3v) is 7.13. The highest BCUT2D eigenvalue weighted by molar-refractivity contribution is 9.10. The highest BCUT2D eigenvalue weighted by atomic mass is 79.9. The first kappa shape index (κ1) is 37.3. The van der Waals surface area contributed by atoms with E-state index in [-0.39, 0.29) is 30.8 Å². The van der Waals surface area contributed by atoms with Gasteiger partial charge in [0.05, 0.1) is 36.0 Å². The SMILES string of the molecule is CC(C)(C)[S@](=O)N[C@H](CN)c1cc(F)cc(Br)c1.COC(=O)Cl.COC(=O)NC[C@@H](N)c1cc(F)cc(Br)c1. The fraction of sp³-hybridized carbons (Fsp3) is 0.417. The molecular formula is C24H33Br2ClF2N4O5S. The van der Waals surface area contributed by atoms with E-state index in [9.17, 15) is 22.6 Å². The van der Waals surface area contributed by atoms with Crippen LogP contribution < -0.4 is 21.5 Å². The number of amides is 1. The van der Waals surface area contributed by atoms with Crippen LogP contribution in [0.15, 0.2) is 45.3 Å². The summed E-state index contributed by atoms with van der Waals surface area (Å²) in [7, 11) is 1.23. The second kappa shape index (κ2) is 18.6. The molecule has 0 saturated heterocycles. The van der Waals surface area contributed by atoms with Crippen molar-refractivity contribution in [1.29, 1.82) is 0 Å². The van der Waals surface area contributed by atoms with Crippen LogP contribution in [0.3, 0.4) is 0 Å². The smallest absolute Gasteiger partial charge is 0.406 e. The molecule has 0 spiro atoms. The molecule has 0 heterocycles. The summed E-state index contributed by atoms with van der Waals surface area (Å²) < 4.78 is 50.5. The van der Waals surface area contributed by atoms with Gasteiger partial charge in [0, 0.05) is 39.7 Å². The van der Waals surface area contributed by atoms with E-state index >= 15 is 0 Å². The second-order valence-corrected chi connectivity index (χ2v) is 12.8. The molecule has 0 aliphatic carbocycles. The molecule has 15 heteroatoms. The van der Waals surface area contributed by atoms with Gasteiger partial charge in [-0.2, -0.15) is 0 Å². The number of rotatable bonds is 7. The Morgan fingerprint density at radius 1 is 1.00 bits per heavy atom. The quantitative estimate of drug-likeness (QED) is 0.273. The molecule has 39 heavy (non-hydrogen) atoms. The molecule has 2 rings (SSSR count). The van der Waals surface area contributed by atoms with Gasteiger partial charge < -0.3 is 26.3 Å². The normalized spacial score (nSPS) is 12.9. The Labute approximate surface area is 251 Å². The van der Waals surface area contributed by atoms with Crippen molar-refractivity contribution in [2.45, 2.75) is 37.6 Å². The Hall–Kier alpha value is -1.68. The summed E-state index contributed by atoms with van der Waals surface area (Å²) in [5.41, 5.74) is 11.9. The molecule has 2 aromatic carbocycles. The maximum atomic E-state index is 13.3. The van der Waals surface area contributed by atoms with E-state index in [0.29, 0.717) is 20.1 Å². The van der Waals surface area contributed by atoms with Crippen molar-refractivity contribution in [3.05, 3.63) is 68.1 Å². The Balaban J connectivity index is 0.000000635. The van der Waals surface area contributed by atoms with Crippen LogP contribution in [0, 0.1) is 11.6 Å². The molecule has 0 aromatic heterocycles. The van der Waals surface area contributed by atoms with Crippen LogP contribution in [0.2, 0.25) is 0 Å². The van der Waals surface area contributed by atoms with E-state index in [1.807, 2.05) is 20.8 Å². The number of benzene rings is 2. The number of hydrogen-bond donors (Lipinski definition) is 4. The summed E-state index contributed by atoms with van der Waals surface area (Å²) >= 11 is 11.0. The van der Waals surface area contributed by atoms with Gasteiger partial charge >= 0.3 is 11.5 Å². The van der Waals surface area contributed by atoms with Gasteiger partial charge in [0.2, 0.25) is 0 Å². The van der Waals surface area contributed by atoms with Crippen molar-refractivity contribution in [2.75, 3.05) is 27.3 Å². The number of methoxy groups -OCH3 is 2. The van der Waals surface area contributed by atoms with Gasteiger partial charge in [-0.25, -0.2) is 27.3 Å². The number of alkyl carbamates (subject to hydrolysis) is 1. The Morgan fingerprint density at radius 3 is 1.85 bits per heavy atom. The van der Waals surface area contributed by atoms with Crippen LogP contribution in [-0.2, 0) is 20.5 Å². The van der Waals surface area contributed by atoms with Crippen molar-refractivity contribution < 1.29 is 32.1 Å². The minimum Gasteiger partial charge on any atom is -0.457 e. The maximum Gasteiger partial charge on any atom is 0.406 e. The van der Waals surface area contributed by atoms with E-state index in [2.05, 4.69) is 63.0 Å². The lowest BCUT2D eigenvalue weighted by atomic mass is 10.1. The summed E-state index contributed by atoms with van der Waals surface area (Å²) in [6, 6.07) is 8.09. The average molecular weight is 723 g/mol. The largest absolute Gasteiger partial charge is 0.457 e. The van der Waals surface area contributed by atoms with Gasteiger partial charge in [-0.05, 0) is 68.3 Å². The van der Waals surface area contributed by atoms with Crippen LogP contribution >= 0.6 is 43.5 Å². The van der Waals surface area contributed by atoms with Gasteiger partial charge in [0.1, 0.15) is 11.6 Å². The third-order valence-electron chi connectivity index (χ3n) is 4.45. The lowest BCUT2D eigenvalue weighted by Crippen LogP contribution is -2.38. The molecule has 9 nitrogen and oxygen atoms in total. The van der Waals surface area contributed by atoms with Crippen molar-refractivity contribution in [1.82, 2.24) is 10.0 Å². The number of hydrogen-bond acceptors (Lipinski definition) is 7. The van der Waals surface area contributed by atoms with Gasteiger partial charge in [0.15, 0.2) is 0 Å². The second-order valence-electron chi connectivity index (χ2n) is 8.61. The predicted molar refractivity (Wildman–Crippen MR) is 157 cm³/mol. The number of ether oxygens (including phenoxy) is 2. The van der Waals surface area contributed by atoms with Crippen LogP contribution in [0.1, 0.15) is 44.0 Å². The summed E-state index contributed by atoms with van der Waals surface area (Å²) in [5.74, 6) is -0.723. The zero-order valence-corrected chi connectivity index (χ0v) is 26.8. The van der Waals surface area contributed by atoms with Gasteiger partial charge in [0.25, 0.3) is 0 Å². The highest BCUT2D eigenvalue weighted by Gasteiger charge is 2.23. The van der Waals surface area contributed by atoms with Gasteiger partial charge in [-0.15, -0.1) is 0 Å². The van der Waals surface area contributed by atoms with Crippen molar-refractivity contribution in [2.24, 2.45) is 11.5 Å². The molecule has 0 aliphatic rings. The molecule has 0 saturated carbocycles. The van der Waals surface area contributed by atoms with E-state index in [1.165, 1.54) is 38.5 Å². The number of nitrogens with one attached hydrogen (secondary N) is 2. The molecule has 0 bridgehead atoms. The average Bonchev–Trinajstić information content (AvgIpc) is 2.84. The number of nitrogens with two attached hydrogens (primary N) is 2. The number of carbonyl (C=O) groups excluding carboxylic acids is 2. The Bertz CT molecular complexity index is 1070. The van der Waals surface area contributed by atoms with Gasteiger partial charge in [-0.3, -0.25) is 0 Å². The van der Waals surface area contributed by atoms with Crippen LogP contribution in [-0.4, -0.2) is 47.8 Å². The first-order valence-electron chi connectivity index (χ1n) is 11.1. The molecule has 0 aliphatic heterocycles. The molecule has 1 amide bonds. The highest BCUT2D eigenvalue weighted by Crippen LogP contribution is 2.22. The van der Waals surface area contributed by atoms with E-state index in [1.54, 1.807) is 12.1 Å². The molecule has 220 valence electrons. The molecular weight excluding hydrogens is 690 g/mol. The molecule has 6 N–H and O–H groups in total. The zero-order valence-electron chi connectivity index (χ0n) is 22.0. The van der Waals surface area contributed by atoms with Crippen LogP contribution in [0.5, 0.6) is 0 Å². The monoisotopic (exact) mass is 720 g/mol. The fourth-order valence-corrected chi connectivity index (χ4v) is 4.32. The van der Waals surface area contributed by atoms with Crippen LogP contribution in [0.25, 0.3) is 0 Å². The van der Waals surface area contributed by atoms with Crippen molar-refractivity contribution in [3.8, 4) is 0 Å². The van der Waals surface area contributed by atoms with E-state index < -0.39 is 33.3 Å². The predicted octanol–water partition coefficient (Wildman–Crippen LogP) is 5.58. The molecule has 0 fully saturated rings. The fourth-order valence-electron chi connectivity index (χ4n) is 2.51. The zero-order chi connectivity index (χ0) is 30.3. The summed E-state index contributed by atoms with van der Waals surface area (Å²) in [5, 5.41) is 2.45. The maximum absolute atomic E-state index is 13.3. The molecule has 0 unspecified atom stereocenters. The number of halogens is 5. The topological polar surface area (TPSA) is 146 Å². The van der Waals surface area contributed by atoms with Crippen molar-refractivity contribution in [3.63, 3.8) is 0 Å². The first-order chi connectivity index (χ1) is 18.0. The summed E-state index contributed by atoms with van der Waals surface area (Å²) in [6.45, 7) is 6.03. The molecule has 2 aromatic rings. The van der Waals surface area contributed by atoms with Crippen LogP contribution in [0.4, 0.5) is 18.4 Å². The van der Waals surface area contributed by atoms with E-state index in [0.717, 1.165) is 0 Å². The minimum absolute atomic E-state index is 0.183.